The van der Waals surface area contributed by atoms with Crippen molar-refractivity contribution < 1.29 is 9.18 Å². The van der Waals surface area contributed by atoms with Crippen molar-refractivity contribution in [2.45, 2.75) is 32.6 Å². The smallest absolute Gasteiger partial charge is 0.251 e. The summed E-state index contributed by atoms with van der Waals surface area (Å²) >= 11 is 5.99. The van der Waals surface area contributed by atoms with E-state index in [-0.39, 0.29) is 11.7 Å². The van der Waals surface area contributed by atoms with Crippen LogP contribution in [-0.4, -0.2) is 18.3 Å². The molecule has 0 radical (unpaired) electrons. The zero-order valence-electron chi connectivity index (χ0n) is 11.8. The van der Waals surface area contributed by atoms with Crippen molar-refractivity contribution in [3.8, 4) is 0 Å². The molecular formula is C16H21ClFNO. The summed E-state index contributed by atoms with van der Waals surface area (Å²) in [5.74, 6) is 1.21. The van der Waals surface area contributed by atoms with Gasteiger partial charge < -0.3 is 5.32 Å². The highest BCUT2D eigenvalue weighted by Crippen LogP contribution is 2.30. The molecule has 20 heavy (non-hydrogen) atoms. The molecule has 1 aromatic carbocycles. The average molecular weight is 298 g/mol. The Labute approximate surface area is 124 Å². The summed E-state index contributed by atoms with van der Waals surface area (Å²) in [4.78, 5) is 12.1. The zero-order valence-corrected chi connectivity index (χ0v) is 12.5. The second-order valence-electron chi connectivity index (χ2n) is 5.63. The largest absolute Gasteiger partial charge is 0.352 e. The molecule has 1 N–H and O–H groups in total. The van der Waals surface area contributed by atoms with E-state index in [1.807, 2.05) is 0 Å². The topological polar surface area (TPSA) is 29.1 Å². The highest BCUT2D eigenvalue weighted by molar-refractivity contribution is 6.18. The number of nitrogens with one attached hydrogen (secondary N) is 1. The number of hydrogen-bond donors (Lipinski definition) is 1. The van der Waals surface area contributed by atoms with Crippen LogP contribution in [-0.2, 0) is 0 Å². The SMILES string of the molecule is Cc1cc(C(=O)NCC2CCCCC2CCl)ccc1F. The molecule has 0 heterocycles. The highest BCUT2D eigenvalue weighted by Gasteiger charge is 2.24. The van der Waals surface area contributed by atoms with Gasteiger partial charge in [0.15, 0.2) is 0 Å². The Hall–Kier alpha value is -1.09. The van der Waals surface area contributed by atoms with E-state index in [0.29, 0.717) is 35.4 Å². The average Bonchev–Trinajstić information content (AvgIpc) is 2.47. The minimum Gasteiger partial charge on any atom is -0.352 e. The van der Waals surface area contributed by atoms with Crippen LogP contribution >= 0.6 is 11.6 Å². The summed E-state index contributed by atoms with van der Waals surface area (Å²) in [5.41, 5.74) is 1.01. The molecule has 1 aromatic rings. The van der Waals surface area contributed by atoms with Gasteiger partial charge in [-0.3, -0.25) is 4.79 Å². The van der Waals surface area contributed by atoms with Gasteiger partial charge in [-0.05, 0) is 55.4 Å². The quantitative estimate of drug-likeness (QED) is 0.839. The van der Waals surface area contributed by atoms with Crippen molar-refractivity contribution in [3.05, 3.63) is 35.1 Å². The monoisotopic (exact) mass is 297 g/mol. The van der Waals surface area contributed by atoms with E-state index in [0.717, 1.165) is 12.8 Å². The Morgan fingerprint density at radius 1 is 1.35 bits per heavy atom. The van der Waals surface area contributed by atoms with Gasteiger partial charge in [-0.15, -0.1) is 11.6 Å². The fourth-order valence-corrected chi connectivity index (χ4v) is 3.27. The van der Waals surface area contributed by atoms with Crippen molar-refractivity contribution in [2.24, 2.45) is 11.8 Å². The molecule has 1 amide bonds. The van der Waals surface area contributed by atoms with Crippen LogP contribution < -0.4 is 5.32 Å². The van der Waals surface area contributed by atoms with E-state index < -0.39 is 0 Å². The van der Waals surface area contributed by atoms with Crippen LogP contribution in [0.1, 0.15) is 41.6 Å². The number of aryl methyl sites for hydroxylation is 1. The fourth-order valence-electron chi connectivity index (χ4n) is 2.87. The molecule has 1 aliphatic rings. The standard InChI is InChI=1S/C16H21ClFNO/c1-11-8-12(6-7-15(11)18)16(20)19-10-14-5-3-2-4-13(14)9-17/h6-8,13-14H,2-5,9-10H2,1H3,(H,19,20). The fraction of sp³-hybridized carbons (Fsp3) is 0.562. The number of carbonyl (C=O) groups excluding carboxylic acids is 1. The van der Waals surface area contributed by atoms with E-state index in [1.165, 1.54) is 25.0 Å². The third kappa shape index (κ3) is 3.72. The molecular weight excluding hydrogens is 277 g/mol. The molecule has 1 saturated carbocycles. The molecule has 2 unspecified atom stereocenters. The van der Waals surface area contributed by atoms with E-state index in [1.54, 1.807) is 13.0 Å². The lowest BCUT2D eigenvalue weighted by molar-refractivity contribution is 0.0936. The molecule has 0 bridgehead atoms. The second-order valence-corrected chi connectivity index (χ2v) is 5.94. The van der Waals surface area contributed by atoms with Gasteiger partial charge in [0, 0.05) is 18.0 Å². The Morgan fingerprint density at radius 2 is 2.05 bits per heavy atom. The first-order chi connectivity index (χ1) is 9.61. The Bertz CT molecular complexity index is 478. The first-order valence-electron chi connectivity index (χ1n) is 7.22. The summed E-state index contributed by atoms with van der Waals surface area (Å²) in [6, 6.07) is 4.45. The lowest BCUT2D eigenvalue weighted by atomic mass is 9.80. The van der Waals surface area contributed by atoms with Crippen LogP contribution in [0.2, 0.25) is 0 Å². The molecule has 1 aliphatic carbocycles. The number of halogens is 2. The maximum absolute atomic E-state index is 13.2. The summed E-state index contributed by atoms with van der Waals surface area (Å²) in [5, 5.41) is 2.96. The lowest BCUT2D eigenvalue weighted by Crippen LogP contribution is -2.34. The maximum Gasteiger partial charge on any atom is 0.251 e. The minimum absolute atomic E-state index is 0.132. The van der Waals surface area contributed by atoms with Gasteiger partial charge in [0.1, 0.15) is 5.82 Å². The van der Waals surface area contributed by atoms with Crippen molar-refractivity contribution in [3.63, 3.8) is 0 Å². The number of benzene rings is 1. The van der Waals surface area contributed by atoms with Crippen LogP contribution in [0.15, 0.2) is 18.2 Å². The predicted molar refractivity (Wildman–Crippen MR) is 79.6 cm³/mol. The van der Waals surface area contributed by atoms with E-state index in [9.17, 15) is 9.18 Å². The Morgan fingerprint density at radius 3 is 2.70 bits per heavy atom. The third-order valence-electron chi connectivity index (χ3n) is 4.21. The van der Waals surface area contributed by atoms with Crippen molar-refractivity contribution >= 4 is 17.5 Å². The number of amides is 1. The van der Waals surface area contributed by atoms with Gasteiger partial charge in [-0.2, -0.15) is 0 Å². The lowest BCUT2D eigenvalue weighted by Gasteiger charge is -2.30. The Kier molecular flexibility index (Phi) is 5.41. The molecule has 0 saturated heterocycles. The molecule has 4 heteroatoms. The molecule has 0 aliphatic heterocycles. The number of hydrogen-bond acceptors (Lipinski definition) is 1. The maximum atomic E-state index is 13.2. The highest BCUT2D eigenvalue weighted by atomic mass is 35.5. The molecule has 1 fully saturated rings. The minimum atomic E-state index is -0.281. The van der Waals surface area contributed by atoms with Crippen LogP contribution in [0.3, 0.4) is 0 Å². The molecule has 0 spiro atoms. The number of rotatable bonds is 4. The third-order valence-corrected chi connectivity index (χ3v) is 4.61. The van der Waals surface area contributed by atoms with Crippen molar-refractivity contribution in [1.82, 2.24) is 5.32 Å². The summed E-state index contributed by atoms with van der Waals surface area (Å²) < 4.78 is 13.2. The van der Waals surface area contributed by atoms with Crippen LogP contribution in [0, 0.1) is 24.6 Å². The molecule has 0 aromatic heterocycles. The predicted octanol–water partition coefficient (Wildman–Crippen LogP) is 3.91. The van der Waals surface area contributed by atoms with Gasteiger partial charge in [0.05, 0.1) is 0 Å². The molecule has 2 atom stereocenters. The molecule has 2 nitrogen and oxygen atoms in total. The van der Waals surface area contributed by atoms with Crippen LogP contribution in [0.4, 0.5) is 4.39 Å². The van der Waals surface area contributed by atoms with Gasteiger partial charge in [0.2, 0.25) is 0 Å². The molecule has 2 rings (SSSR count). The van der Waals surface area contributed by atoms with E-state index in [2.05, 4.69) is 5.32 Å². The summed E-state index contributed by atoms with van der Waals surface area (Å²) in [6.07, 6.45) is 4.72. The zero-order chi connectivity index (χ0) is 14.5. The number of carbonyl (C=O) groups is 1. The Balaban J connectivity index is 1.92. The van der Waals surface area contributed by atoms with Gasteiger partial charge in [0.25, 0.3) is 5.91 Å². The second kappa shape index (κ2) is 7.07. The molecule has 110 valence electrons. The van der Waals surface area contributed by atoms with Gasteiger partial charge in [-0.25, -0.2) is 4.39 Å². The summed E-state index contributed by atoms with van der Waals surface area (Å²) in [6.45, 7) is 2.32. The first kappa shape index (κ1) is 15.3. The van der Waals surface area contributed by atoms with E-state index in [4.69, 9.17) is 11.6 Å². The first-order valence-corrected chi connectivity index (χ1v) is 7.75. The number of alkyl halides is 1. The van der Waals surface area contributed by atoms with Crippen molar-refractivity contribution in [1.29, 1.82) is 0 Å². The van der Waals surface area contributed by atoms with Gasteiger partial charge in [-0.1, -0.05) is 12.8 Å². The van der Waals surface area contributed by atoms with Crippen molar-refractivity contribution in [2.75, 3.05) is 12.4 Å². The van der Waals surface area contributed by atoms with Crippen LogP contribution in [0.5, 0.6) is 0 Å². The van der Waals surface area contributed by atoms with Gasteiger partial charge >= 0.3 is 0 Å². The van der Waals surface area contributed by atoms with E-state index >= 15 is 0 Å². The van der Waals surface area contributed by atoms with Crippen LogP contribution in [0.25, 0.3) is 0 Å². The summed E-state index contributed by atoms with van der Waals surface area (Å²) in [7, 11) is 0. The normalized spacial score (nSPS) is 22.6.